The van der Waals surface area contributed by atoms with Crippen LogP contribution in [-0.2, 0) is 7.05 Å². The molecule has 27 heavy (non-hydrogen) atoms. The Hall–Kier alpha value is -3.23. The van der Waals surface area contributed by atoms with Crippen LogP contribution in [0.3, 0.4) is 0 Å². The largest absolute Gasteiger partial charge is 0.346 e. The van der Waals surface area contributed by atoms with Gasteiger partial charge in [-0.2, -0.15) is 5.10 Å². The quantitative estimate of drug-likeness (QED) is 0.719. The van der Waals surface area contributed by atoms with Crippen LogP contribution in [0.25, 0.3) is 11.0 Å². The van der Waals surface area contributed by atoms with Crippen LogP contribution in [-0.4, -0.2) is 60.1 Å². The van der Waals surface area contributed by atoms with E-state index in [1.54, 1.807) is 28.9 Å². The van der Waals surface area contributed by atoms with Crippen LogP contribution >= 0.6 is 0 Å². The van der Waals surface area contributed by atoms with Gasteiger partial charge in [0.25, 0.3) is 11.8 Å². The van der Waals surface area contributed by atoms with Crippen LogP contribution in [0.15, 0.2) is 24.8 Å². The molecule has 9 heteroatoms. The van der Waals surface area contributed by atoms with Crippen LogP contribution in [0.1, 0.15) is 39.9 Å². The van der Waals surface area contributed by atoms with Crippen LogP contribution < -0.4 is 5.32 Å². The summed E-state index contributed by atoms with van der Waals surface area (Å²) in [4.78, 5) is 38.5. The fraction of sp³-hybridized carbons (Fsp3) is 0.389. The lowest BCUT2D eigenvalue weighted by atomic mass is 10.0. The summed E-state index contributed by atoms with van der Waals surface area (Å²) in [6.45, 7) is 4.80. The predicted molar refractivity (Wildman–Crippen MR) is 98.2 cm³/mol. The molecule has 9 nitrogen and oxygen atoms in total. The Kier molecular flexibility index (Phi) is 3.94. The molecule has 3 aromatic rings. The Morgan fingerprint density at radius 1 is 1.30 bits per heavy atom. The van der Waals surface area contributed by atoms with Gasteiger partial charge in [-0.3, -0.25) is 14.3 Å². The zero-order valence-electron chi connectivity index (χ0n) is 15.5. The summed E-state index contributed by atoms with van der Waals surface area (Å²) in [6, 6.07) is 1.78. The highest BCUT2D eigenvalue weighted by Crippen LogP contribution is 2.24. The minimum Gasteiger partial charge on any atom is -0.346 e. The van der Waals surface area contributed by atoms with Crippen molar-refractivity contribution in [2.75, 3.05) is 13.1 Å². The van der Waals surface area contributed by atoms with E-state index in [1.807, 2.05) is 20.0 Å². The second-order valence-corrected chi connectivity index (χ2v) is 7.29. The maximum absolute atomic E-state index is 12.8. The maximum Gasteiger partial charge on any atom is 0.274 e. The fourth-order valence-electron chi connectivity index (χ4n) is 3.59. The van der Waals surface area contributed by atoms with Gasteiger partial charge < -0.3 is 15.2 Å². The van der Waals surface area contributed by atoms with E-state index in [9.17, 15) is 9.59 Å². The number of rotatable bonds is 3. The van der Waals surface area contributed by atoms with Gasteiger partial charge in [0.2, 0.25) is 0 Å². The van der Waals surface area contributed by atoms with Gasteiger partial charge in [0.05, 0.1) is 10.9 Å². The Balaban J connectivity index is 1.50. The highest BCUT2D eigenvalue weighted by molar-refractivity contribution is 6.04. The SMILES string of the molecule is Cc1cn(C)nc1C(=O)N1CCC(C)(NC(=O)c2ncnc3[nH]ccc23)C1. The van der Waals surface area contributed by atoms with Crippen molar-refractivity contribution >= 4 is 22.8 Å². The molecule has 1 fully saturated rings. The maximum atomic E-state index is 12.8. The smallest absolute Gasteiger partial charge is 0.274 e. The summed E-state index contributed by atoms with van der Waals surface area (Å²) >= 11 is 0. The van der Waals surface area contributed by atoms with Crippen molar-refractivity contribution in [3.63, 3.8) is 0 Å². The van der Waals surface area contributed by atoms with E-state index < -0.39 is 5.54 Å². The molecular weight excluding hydrogens is 346 g/mol. The van der Waals surface area contributed by atoms with Gasteiger partial charge in [-0.15, -0.1) is 0 Å². The van der Waals surface area contributed by atoms with E-state index in [0.29, 0.717) is 41.9 Å². The molecule has 0 saturated carbocycles. The van der Waals surface area contributed by atoms with E-state index >= 15 is 0 Å². The third-order valence-corrected chi connectivity index (χ3v) is 4.96. The third kappa shape index (κ3) is 3.05. The number of aromatic nitrogens is 5. The van der Waals surface area contributed by atoms with Crippen LogP contribution in [0, 0.1) is 6.92 Å². The number of likely N-dealkylation sites (tertiary alicyclic amines) is 1. The molecule has 0 aromatic carbocycles. The monoisotopic (exact) mass is 367 g/mol. The molecule has 2 amide bonds. The Bertz CT molecular complexity index is 1040. The number of amides is 2. The minimum atomic E-state index is -0.525. The molecule has 140 valence electrons. The van der Waals surface area contributed by atoms with Crippen molar-refractivity contribution in [1.29, 1.82) is 0 Å². The highest BCUT2D eigenvalue weighted by Gasteiger charge is 2.39. The summed E-state index contributed by atoms with van der Waals surface area (Å²) in [5.41, 5.74) is 1.72. The molecule has 4 heterocycles. The average Bonchev–Trinajstić information content (AvgIpc) is 3.32. The summed E-state index contributed by atoms with van der Waals surface area (Å²) < 4.78 is 1.64. The van der Waals surface area contributed by atoms with Crippen molar-refractivity contribution in [2.45, 2.75) is 25.8 Å². The zero-order chi connectivity index (χ0) is 19.2. The zero-order valence-corrected chi connectivity index (χ0v) is 15.5. The molecule has 0 spiro atoms. The Morgan fingerprint density at radius 2 is 2.11 bits per heavy atom. The van der Waals surface area contributed by atoms with Crippen molar-refractivity contribution in [1.82, 2.24) is 34.9 Å². The van der Waals surface area contributed by atoms with Gasteiger partial charge >= 0.3 is 0 Å². The first-order valence-electron chi connectivity index (χ1n) is 8.76. The first-order valence-corrected chi connectivity index (χ1v) is 8.76. The summed E-state index contributed by atoms with van der Waals surface area (Å²) in [5, 5.41) is 7.98. The topological polar surface area (TPSA) is 109 Å². The van der Waals surface area contributed by atoms with Crippen molar-refractivity contribution in [3.8, 4) is 0 Å². The molecular formula is C18H21N7O2. The molecule has 0 bridgehead atoms. The normalized spacial score (nSPS) is 19.6. The first-order chi connectivity index (χ1) is 12.9. The van der Waals surface area contributed by atoms with E-state index in [-0.39, 0.29) is 11.8 Å². The Morgan fingerprint density at radius 3 is 2.85 bits per heavy atom. The van der Waals surface area contributed by atoms with Gasteiger partial charge in [-0.05, 0) is 26.3 Å². The number of aromatic amines is 1. The molecule has 2 N–H and O–H groups in total. The summed E-state index contributed by atoms with van der Waals surface area (Å²) in [7, 11) is 1.79. The lowest BCUT2D eigenvalue weighted by Gasteiger charge is -2.26. The standard InChI is InChI=1S/C18H21N7O2/c1-11-8-24(3)23-13(11)17(27)25-7-5-18(2,9-25)22-16(26)14-12-4-6-19-15(12)21-10-20-14/h4,6,8,10H,5,7,9H2,1-3H3,(H,22,26)(H,19,20,21). The average molecular weight is 367 g/mol. The van der Waals surface area contributed by atoms with Crippen LogP contribution in [0.4, 0.5) is 0 Å². The highest BCUT2D eigenvalue weighted by atomic mass is 16.2. The number of fused-ring (bicyclic) bond motifs is 1. The minimum absolute atomic E-state index is 0.110. The van der Waals surface area contributed by atoms with E-state index in [4.69, 9.17) is 0 Å². The number of nitrogens with zero attached hydrogens (tertiary/aromatic N) is 5. The molecule has 1 atom stereocenters. The number of nitrogens with one attached hydrogen (secondary N) is 2. The first kappa shape index (κ1) is 17.2. The summed E-state index contributed by atoms with van der Waals surface area (Å²) in [5.74, 6) is -0.381. The lowest BCUT2D eigenvalue weighted by Crippen LogP contribution is -2.48. The number of aryl methyl sites for hydroxylation is 2. The molecule has 0 aliphatic carbocycles. The van der Waals surface area contributed by atoms with E-state index in [0.717, 1.165) is 5.56 Å². The molecule has 1 unspecified atom stereocenters. The van der Waals surface area contributed by atoms with Crippen molar-refractivity contribution < 1.29 is 9.59 Å². The fourth-order valence-corrected chi connectivity index (χ4v) is 3.59. The number of H-pyrrole nitrogens is 1. The number of carbonyl (C=O) groups is 2. The molecule has 1 saturated heterocycles. The number of hydrogen-bond acceptors (Lipinski definition) is 5. The summed E-state index contributed by atoms with van der Waals surface area (Å²) in [6.07, 6.45) is 5.58. The molecule has 3 aromatic heterocycles. The van der Waals surface area contributed by atoms with Gasteiger partial charge in [-0.25, -0.2) is 9.97 Å². The van der Waals surface area contributed by atoms with E-state index in [1.165, 1.54) is 6.33 Å². The van der Waals surface area contributed by atoms with E-state index in [2.05, 4.69) is 25.4 Å². The van der Waals surface area contributed by atoms with Crippen molar-refractivity contribution in [2.24, 2.45) is 7.05 Å². The molecule has 4 rings (SSSR count). The third-order valence-electron chi connectivity index (χ3n) is 4.96. The second-order valence-electron chi connectivity index (χ2n) is 7.29. The van der Waals surface area contributed by atoms with Gasteiger partial charge in [0.1, 0.15) is 17.7 Å². The lowest BCUT2D eigenvalue weighted by molar-refractivity contribution is 0.0762. The predicted octanol–water partition coefficient (Wildman–Crippen LogP) is 1.03. The van der Waals surface area contributed by atoms with Gasteiger partial charge in [0.15, 0.2) is 5.69 Å². The second kappa shape index (κ2) is 6.19. The number of hydrogen-bond donors (Lipinski definition) is 2. The molecule has 1 aliphatic rings. The molecule has 0 radical (unpaired) electrons. The van der Waals surface area contributed by atoms with Crippen LogP contribution in [0.2, 0.25) is 0 Å². The van der Waals surface area contributed by atoms with Crippen molar-refractivity contribution in [3.05, 3.63) is 41.7 Å². The number of carbonyl (C=O) groups excluding carboxylic acids is 2. The van der Waals surface area contributed by atoms with Crippen LogP contribution in [0.5, 0.6) is 0 Å². The Labute approximate surface area is 155 Å². The van der Waals surface area contributed by atoms with Gasteiger partial charge in [-0.1, -0.05) is 0 Å². The van der Waals surface area contributed by atoms with Gasteiger partial charge in [0, 0.05) is 38.1 Å². The molecule has 1 aliphatic heterocycles.